The van der Waals surface area contributed by atoms with E-state index in [4.69, 9.17) is 11.6 Å². The zero-order chi connectivity index (χ0) is 15.4. The highest BCUT2D eigenvalue weighted by molar-refractivity contribution is 6.31. The Morgan fingerprint density at radius 1 is 1.24 bits per heavy atom. The van der Waals surface area contributed by atoms with Crippen LogP contribution in [-0.4, -0.2) is 16.5 Å². The van der Waals surface area contributed by atoms with Gasteiger partial charge >= 0.3 is 0 Å². The third kappa shape index (κ3) is 3.53. The van der Waals surface area contributed by atoms with Gasteiger partial charge in [0.15, 0.2) is 0 Å². The maximum atomic E-state index is 6.26. The molecule has 0 aliphatic carbocycles. The van der Waals surface area contributed by atoms with Crippen molar-refractivity contribution in [3.63, 3.8) is 0 Å². The predicted octanol–water partition coefficient (Wildman–Crippen LogP) is 5.05. The lowest BCUT2D eigenvalue weighted by atomic mass is 9.97. The lowest BCUT2D eigenvalue weighted by Gasteiger charge is -2.17. The lowest BCUT2D eigenvalue weighted by Crippen LogP contribution is -2.08. The molecule has 3 nitrogen and oxygen atoms in total. The van der Waals surface area contributed by atoms with Crippen molar-refractivity contribution in [3.05, 3.63) is 40.7 Å². The highest BCUT2D eigenvalue weighted by atomic mass is 35.5. The summed E-state index contributed by atoms with van der Waals surface area (Å²) >= 11 is 6.26. The molecule has 0 bridgehead atoms. The van der Waals surface area contributed by atoms with Crippen LogP contribution >= 0.6 is 11.6 Å². The summed E-state index contributed by atoms with van der Waals surface area (Å²) in [4.78, 5) is 8.91. The summed E-state index contributed by atoms with van der Waals surface area (Å²) in [6.45, 7) is 9.38. The van der Waals surface area contributed by atoms with Gasteiger partial charge in [0, 0.05) is 22.7 Å². The fraction of sp³-hybridized carbons (Fsp3) is 0.412. The number of aromatic nitrogens is 2. The largest absolute Gasteiger partial charge is 0.370 e. The number of nitrogens with zero attached hydrogens (tertiary/aromatic N) is 2. The minimum atomic E-state index is 0.334. The summed E-state index contributed by atoms with van der Waals surface area (Å²) in [6.07, 6.45) is 2.68. The first-order chi connectivity index (χ1) is 10.0. The average molecular weight is 304 g/mol. The quantitative estimate of drug-likeness (QED) is 0.840. The molecule has 1 aromatic carbocycles. The molecule has 0 saturated heterocycles. The maximum absolute atomic E-state index is 6.26. The van der Waals surface area contributed by atoms with E-state index in [0.717, 1.165) is 46.2 Å². The van der Waals surface area contributed by atoms with E-state index in [1.165, 1.54) is 0 Å². The van der Waals surface area contributed by atoms with Crippen LogP contribution < -0.4 is 5.32 Å². The molecule has 0 amide bonds. The third-order valence-corrected chi connectivity index (χ3v) is 3.86. The molecule has 2 rings (SSSR count). The number of benzene rings is 1. The first kappa shape index (κ1) is 15.8. The van der Waals surface area contributed by atoms with Crippen molar-refractivity contribution in [3.8, 4) is 11.3 Å². The van der Waals surface area contributed by atoms with E-state index >= 15 is 0 Å². The van der Waals surface area contributed by atoms with Gasteiger partial charge in [-0.3, -0.25) is 0 Å². The van der Waals surface area contributed by atoms with Crippen molar-refractivity contribution >= 4 is 17.4 Å². The van der Waals surface area contributed by atoms with Gasteiger partial charge in [-0.2, -0.15) is 0 Å². The highest BCUT2D eigenvalue weighted by Crippen LogP contribution is 2.33. The van der Waals surface area contributed by atoms with E-state index in [1.54, 1.807) is 6.33 Å². The van der Waals surface area contributed by atoms with E-state index in [-0.39, 0.29) is 0 Å². The summed E-state index contributed by atoms with van der Waals surface area (Å²) in [5.41, 5.74) is 4.22. The Bertz CT molecular complexity index is 623. The standard InChI is InChI=1S/C17H22ClN3/c1-5-8-19-17-15(11(2)3)16(20-10-21-17)13-7-6-12(4)14(18)9-13/h6-7,9-11H,5,8H2,1-4H3,(H,19,20,21). The average Bonchev–Trinajstić information content (AvgIpc) is 2.47. The summed E-state index contributed by atoms with van der Waals surface area (Å²) in [5.74, 6) is 1.26. The van der Waals surface area contributed by atoms with Gasteiger partial charge in [-0.15, -0.1) is 0 Å². The van der Waals surface area contributed by atoms with Crippen LogP contribution in [-0.2, 0) is 0 Å². The van der Waals surface area contributed by atoms with Gasteiger partial charge in [0.1, 0.15) is 12.1 Å². The molecule has 0 unspecified atom stereocenters. The first-order valence-corrected chi connectivity index (χ1v) is 7.77. The van der Waals surface area contributed by atoms with Gasteiger partial charge in [0.25, 0.3) is 0 Å². The third-order valence-electron chi connectivity index (χ3n) is 3.45. The van der Waals surface area contributed by atoms with Crippen molar-refractivity contribution in [2.75, 3.05) is 11.9 Å². The Labute approximate surface area is 131 Å². The fourth-order valence-electron chi connectivity index (χ4n) is 2.30. The van der Waals surface area contributed by atoms with Gasteiger partial charge in [-0.25, -0.2) is 9.97 Å². The monoisotopic (exact) mass is 303 g/mol. The molecule has 1 aromatic heterocycles. The minimum Gasteiger partial charge on any atom is -0.370 e. The van der Waals surface area contributed by atoms with Crippen LogP contribution in [0, 0.1) is 6.92 Å². The fourth-order valence-corrected chi connectivity index (χ4v) is 2.48. The maximum Gasteiger partial charge on any atom is 0.133 e. The summed E-state index contributed by atoms with van der Waals surface area (Å²) < 4.78 is 0. The topological polar surface area (TPSA) is 37.8 Å². The zero-order valence-electron chi connectivity index (χ0n) is 13.1. The van der Waals surface area contributed by atoms with Crippen LogP contribution in [0.4, 0.5) is 5.82 Å². The minimum absolute atomic E-state index is 0.334. The molecule has 0 spiro atoms. The Morgan fingerprint density at radius 3 is 2.62 bits per heavy atom. The number of anilines is 1. The molecular formula is C17H22ClN3. The number of aryl methyl sites for hydroxylation is 1. The second-order valence-corrected chi connectivity index (χ2v) is 5.94. The van der Waals surface area contributed by atoms with E-state index in [9.17, 15) is 0 Å². The Kier molecular flexibility index (Phi) is 5.18. The normalized spacial score (nSPS) is 11.0. The van der Waals surface area contributed by atoms with Gasteiger partial charge in [0.05, 0.1) is 5.69 Å². The SMILES string of the molecule is CCCNc1ncnc(-c2ccc(C)c(Cl)c2)c1C(C)C. The van der Waals surface area contributed by atoms with E-state index in [1.807, 2.05) is 19.1 Å². The molecular weight excluding hydrogens is 282 g/mol. The molecule has 2 aromatic rings. The molecule has 0 saturated carbocycles. The van der Waals surface area contributed by atoms with E-state index in [2.05, 4.69) is 42.1 Å². The van der Waals surface area contributed by atoms with Crippen molar-refractivity contribution in [1.82, 2.24) is 9.97 Å². The van der Waals surface area contributed by atoms with E-state index in [0.29, 0.717) is 5.92 Å². The summed E-state index contributed by atoms with van der Waals surface area (Å²) in [6, 6.07) is 6.08. The van der Waals surface area contributed by atoms with Gasteiger partial charge in [-0.1, -0.05) is 44.5 Å². The van der Waals surface area contributed by atoms with Crippen LogP contribution in [0.5, 0.6) is 0 Å². The Balaban J connectivity index is 2.54. The molecule has 0 aliphatic rings. The van der Waals surface area contributed by atoms with Crippen molar-refractivity contribution in [2.24, 2.45) is 0 Å². The zero-order valence-corrected chi connectivity index (χ0v) is 13.8. The van der Waals surface area contributed by atoms with Gasteiger partial charge in [-0.05, 0) is 30.9 Å². The molecule has 4 heteroatoms. The molecule has 1 N–H and O–H groups in total. The van der Waals surface area contributed by atoms with Crippen molar-refractivity contribution in [1.29, 1.82) is 0 Å². The van der Waals surface area contributed by atoms with Crippen LogP contribution in [0.15, 0.2) is 24.5 Å². The second kappa shape index (κ2) is 6.90. The molecule has 1 heterocycles. The van der Waals surface area contributed by atoms with Crippen LogP contribution in [0.2, 0.25) is 5.02 Å². The molecule has 0 atom stereocenters. The number of rotatable bonds is 5. The number of hydrogen-bond donors (Lipinski definition) is 1. The Hall–Kier alpha value is -1.61. The van der Waals surface area contributed by atoms with Crippen molar-refractivity contribution in [2.45, 2.75) is 40.0 Å². The van der Waals surface area contributed by atoms with Gasteiger partial charge < -0.3 is 5.32 Å². The number of hydrogen-bond acceptors (Lipinski definition) is 3. The first-order valence-electron chi connectivity index (χ1n) is 7.39. The van der Waals surface area contributed by atoms with Crippen molar-refractivity contribution < 1.29 is 0 Å². The number of halogens is 1. The summed E-state index contributed by atoms with van der Waals surface area (Å²) in [5, 5.41) is 4.16. The van der Waals surface area contributed by atoms with Crippen LogP contribution in [0.1, 0.15) is 44.2 Å². The smallest absolute Gasteiger partial charge is 0.133 e. The van der Waals surface area contributed by atoms with E-state index < -0.39 is 0 Å². The molecule has 0 aliphatic heterocycles. The van der Waals surface area contributed by atoms with Crippen LogP contribution in [0.25, 0.3) is 11.3 Å². The molecule has 0 fully saturated rings. The number of nitrogens with one attached hydrogen (secondary N) is 1. The molecule has 112 valence electrons. The summed E-state index contributed by atoms with van der Waals surface area (Å²) in [7, 11) is 0. The second-order valence-electron chi connectivity index (χ2n) is 5.53. The molecule has 0 radical (unpaired) electrons. The Morgan fingerprint density at radius 2 is 2.00 bits per heavy atom. The van der Waals surface area contributed by atoms with Gasteiger partial charge in [0.2, 0.25) is 0 Å². The lowest BCUT2D eigenvalue weighted by molar-refractivity contribution is 0.844. The predicted molar refractivity (Wildman–Crippen MR) is 90.1 cm³/mol. The highest BCUT2D eigenvalue weighted by Gasteiger charge is 2.16. The van der Waals surface area contributed by atoms with Crippen LogP contribution in [0.3, 0.4) is 0 Å². The molecule has 21 heavy (non-hydrogen) atoms.